The van der Waals surface area contributed by atoms with Crippen molar-refractivity contribution in [3.8, 4) is 5.75 Å². The molecule has 4 rings (SSSR count). The van der Waals surface area contributed by atoms with Gasteiger partial charge in [-0.1, -0.05) is 79.9 Å². The number of fused-ring (bicyclic) bond motifs is 1. The molecule has 0 bridgehead atoms. The van der Waals surface area contributed by atoms with Gasteiger partial charge in [0, 0.05) is 11.3 Å². The molecule has 170 valence electrons. The highest BCUT2D eigenvalue weighted by molar-refractivity contribution is 7.99. The summed E-state index contributed by atoms with van der Waals surface area (Å²) in [5.41, 5.74) is 2.98. The van der Waals surface area contributed by atoms with Crippen molar-refractivity contribution in [1.82, 2.24) is 14.8 Å². The Labute approximate surface area is 197 Å². The number of carbonyl (C=O) groups excluding carboxylic acids is 1. The number of hydrogen-bond donors (Lipinski definition) is 1. The highest BCUT2D eigenvalue weighted by Gasteiger charge is 2.36. The number of rotatable bonds is 9. The van der Waals surface area contributed by atoms with Crippen LogP contribution in [0.25, 0.3) is 0 Å². The molecule has 1 unspecified atom stereocenters. The Morgan fingerprint density at radius 3 is 2.73 bits per heavy atom. The van der Waals surface area contributed by atoms with Gasteiger partial charge >= 0.3 is 5.97 Å². The molecule has 1 aliphatic rings. The number of hydrogen-bond acceptors (Lipinski definition) is 7. The molecule has 1 aromatic heterocycles. The first-order chi connectivity index (χ1) is 16.1. The highest BCUT2D eigenvalue weighted by atomic mass is 32.2. The molecule has 1 aliphatic heterocycles. The number of nitrogens with zero attached hydrogens (tertiary/aromatic N) is 3. The van der Waals surface area contributed by atoms with Crippen molar-refractivity contribution in [1.29, 1.82) is 0 Å². The van der Waals surface area contributed by atoms with Gasteiger partial charge in [-0.15, -0.1) is 5.10 Å². The van der Waals surface area contributed by atoms with Gasteiger partial charge in [0.2, 0.25) is 11.1 Å². The first-order valence-electron chi connectivity index (χ1n) is 10.7. The lowest BCUT2D eigenvalue weighted by Gasteiger charge is -2.29. The molecule has 0 saturated carbocycles. The van der Waals surface area contributed by atoms with Crippen LogP contribution in [0.3, 0.4) is 0 Å². The number of allylic oxidation sites excluding steroid dienone is 1. The van der Waals surface area contributed by atoms with Crippen molar-refractivity contribution in [2.75, 3.05) is 17.7 Å². The SMILES string of the molecule is C=CCOC(=O)C1=C(C)Nc2nc(SCC)nn2C1c1ccccc1OCc1ccccc1. The van der Waals surface area contributed by atoms with Crippen LogP contribution in [-0.2, 0) is 16.1 Å². The van der Waals surface area contributed by atoms with Crippen molar-refractivity contribution in [3.05, 3.63) is 89.6 Å². The Morgan fingerprint density at radius 1 is 1.21 bits per heavy atom. The molecule has 0 radical (unpaired) electrons. The van der Waals surface area contributed by atoms with E-state index in [4.69, 9.17) is 14.6 Å². The number of esters is 1. The predicted octanol–water partition coefficient (Wildman–Crippen LogP) is 4.99. The minimum absolute atomic E-state index is 0.121. The highest BCUT2D eigenvalue weighted by Crippen LogP contribution is 2.40. The third kappa shape index (κ3) is 4.96. The molecule has 0 fully saturated rings. The van der Waals surface area contributed by atoms with E-state index in [-0.39, 0.29) is 6.61 Å². The van der Waals surface area contributed by atoms with E-state index >= 15 is 0 Å². The molecule has 0 spiro atoms. The van der Waals surface area contributed by atoms with E-state index in [0.29, 0.717) is 34.7 Å². The van der Waals surface area contributed by atoms with E-state index in [1.165, 1.54) is 0 Å². The second kappa shape index (κ2) is 10.4. The fraction of sp³-hybridized carbons (Fsp3) is 0.240. The van der Waals surface area contributed by atoms with Crippen LogP contribution in [0.15, 0.2) is 83.7 Å². The Morgan fingerprint density at radius 2 is 1.97 bits per heavy atom. The normalized spacial score (nSPS) is 14.9. The van der Waals surface area contributed by atoms with Gasteiger partial charge in [0.05, 0.1) is 5.57 Å². The van der Waals surface area contributed by atoms with Crippen molar-refractivity contribution in [3.63, 3.8) is 0 Å². The monoisotopic (exact) mass is 462 g/mol. The van der Waals surface area contributed by atoms with Gasteiger partial charge < -0.3 is 14.8 Å². The first kappa shape index (κ1) is 22.7. The summed E-state index contributed by atoms with van der Waals surface area (Å²) in [7, 11) is 0. The lowest BCUT2D eigenvalue weighted by atomic mass is 9.95. The molecular formula is C25H26N4O3S. The lowest BCUT2D eigenvalue weighted by Crippen LogP contribution is -2.30. The predicted molar refractivity (Wildman–Crippen MR) is 129 cm³/mol. The van der Waals surface area contributed by atoms with Gasteiger partial charge in [-0.2, -0.15) is 4.98 Å². The van der Waals surface area contributed by atoms with Crippen LogP contribution in [0, 0.1) is 0 Å². The molecule has 1 N–H and O–H groups in total. The molecule has 2 heterocycles. The molecule has 0 aliphatic carbocycles. The summed E-state index contributed by atoms with van der Waals surface area (Å²) < 4.78 is 13.4. The summed E-state index contributed by atoms with van der Waals surface area (Å²) in [5.74, 6) is 1.65. The van der Waals surface area contributed by atoms with E-state index < -0.39 is 12.0 Å². The minimum Gasteiger partial charge on any atom is -0.489 e. The largest absolute Gasteiger partial charge is 0.489 e. The van der Waals surface area contributed by atoms with Crippen molar-refractivity contribution < 1.29 is 14.3 Å². The maximum absolute atomic E-state index is 13.1. The molecule has 33 heavy (non-hydrogen) atoms. The second-order valence-corrected chi connectivity index (χ2v) is 8.59. The van der Waals surface area contributed by atoms with Crippen LogP contribution in [0.5, 0.6) is 5.75 Å². The smallest absolute Gasteiger partial charge is 0.338 e. The summed E-state index contributed by atoms with van der Waals surface area (Å²) in [6.45, 7) is 8.06. The first-order valence-corrected chi connectivity index (χ1v) is 11.7. The zero-order valence-electron chi connectivity index (χ0n) is 18.7. The fourth-order valence-electron chi connectivity index (χ4n) is 3.66. The molecule has 0 saturated heterocycles. The molecule has 1 atom stereocenters. The van der Waals surface area contributed by atoms with Crippen LogP contribution >= 0.6 is 11.8 Å². The van der Waals surface area contributed by atoms with Crippen molar-refractivity contribution in [2.45, 2.75) is 31.7 Å². The zero-order valence-corrected chi connectivity index (χ0v) is 19.5. The van der Waals surface area contributed by atoms with Crippen molar-refractivity contribution in [2.24, 2.45) is 0 Å². The van der Waals surface area contributed by atoms with E-state index in [0.717, 1.165) is 16.9 Å². The third-order valence-electron chi connectivity index (χ3n) is 5.11. The summed E-state index contributed by atoms with van der Waals surface area (Å²) in [6, 6.07) is 17.1. The fourth-order valence-corrected chi connectivity index (χ4v) is 4.21. The molecule has 7 nitrogen and oxygen atoms in total. The third-order valence-corrected chi connectivity index (χ3v) is 5.83. The van der Waals surface area contributed by atoms with Gasteiger partial charge in [-0.05, 0) is 24.3 Å². The van der Waals surface area contributed by atoms with E-state index in [2.05, 4.69) is 16.9 Å². The summed E-state index contributed by atoms with van der Waals surface area (Å²) >= 11 is 1.54. The van der Waals surface area contributed by atoms with Crippen LogP contribution in [0.2, 0.25) is 0 Å². The number of aromatic nitrogens is 3. The van der Waals surface area contributed by atoms with Crippen molar-refractivity contribution >= 4 is 23.7 Å². The Balaban J connectivity index is 1.77. The van der Waals surface area contributed by atoms with Crippen LogP contribution in [0.4, 0.5) is 5.95 Å². The van der Waals surface area contributed by atoms with Gasteiger partial charge in [0.25, 0.3) is 0 Å². The number of thioether (sulfide) groups is 1. The summed E-state index contributed by atoms with van der Waals surface area (Å²) in [6.07, 6.45) is 1.55. The standard InChI is InChI=1S/C25H26N4O3S/c1-4-15-31-23(30)21-17(3)26-24-27-25(33-5-2)28-29(24)22(21)19-13-9-10-14-20(19)32-16-18-11-7-6-8-12-18/h4,6-14,22H,1,5,15-16H2,2-3H3,(H,26,27,28). The van der Waals surface area contributed by atoms with E-state index in [1.807, 2.05) is 68.4 Å². The Bertz CT molecular complexity index is 1170. The average Bonchev–Trinajstić information content (AvgIpc) is 3.23. The van der Waals surface area contributed by atoms with Gasteiger partial charge in [-0.25, -0.2) is 9.48 Å². The Hall–Kier alpha value is -3.52. The number of carbonyl (C=O) groups is 1. The van der Waals surface area contributed by atoms with Crippen LogP contribution in [-0.4, -0.2) is 33.1 Å². The topological polar surface area (TPSA) is 78.3 Å². The second-order valence-electron chi connectivity index (χ2n) is 7.36. The number of ether oxygens (including phenoxy) is 2. The van der Waals surface area contributed by atoms with Crippen LogP contribution < -0.4 is 10.1 Å². The molecule has 0 amide bonds. The van der Waals surface area contributed by atoms with E-state index in [9.17, 15) is 4.79 Å². The van der Waals surface area contributed by atoms with Gasteiger partial charge in [0.1, 0.15) is 25.0 Å². The molecule has 2 aromatic carbocycles. The van der Waals surface area contributed by atoms with Gasteiger partial charge in [-0.3, -0.25) is 0 Å². The van der Waals surface area contributed by atoms with E-state index in [1.54, 1.807) is 22.5 Å². The number of nitrogens with one attached hydrogen (secondary N) is 1. The van der Waals surface area contributed by atoms with Gasteiger partial charge in [0.15, 0.2) is 0 Å². The number of anilines is 1. The summed E-state index contributed by atoms with van der Waals surface area (Å²) in [5, 5.41) is 8.54. The Kier molecular flexibility index (Phi) is 7.14. The average molecular weight is 463 g/mol. The number of para-hydroxylation sites is 1. The molecular weight excluding hydrogens is 436 g/mol. The quantitative estimate of drug-likeness (QED) is 0.273. The maximum Gasteiger partial charge on any atom is 0.338 e. The summed E-state index contributed by atoms with van der Waals surface area (Å²) in [4.78, 5) is 17.7. The minimum atomic E-state index is -0.552. The zero-order chi connectivity index (χ0) is 23.2. The maximum atomic E-state index is 13.1. The van der Waals surface area contributed by atoms with Crippen LogP contribution in [0.1, 0.15) is 31.0 Å². The lowest BCUT2D eigenvalue weighted by molar-refractivity contribution is -0.138. The number of benzene rings is 2. The molecule has 3 aromatic rings. The molecule has 8 heteroatoms.